The van der Waals surface area contributed by atoms with E-state index in [0.717, 1.165) is 13.0 Å². The lowest BCUT2D eigenvalue weighted by Crippen LogP contribution is -1.98. The molecule has 0 radical (unpaired) electrons. The second-order valence-corrected chi connectivity index (χ2v) is 2.55. The Morgan fingerprint density at radius 3 is 2.58 bits per heavy atom. The fourth-order valence-electron chi connectivity index (χ4n) is 0.908. The predicted molar refractivity (Wildman–Crippen MR) is 41.5 cm³/mol. The molecular formula is C7H11N3O2. The van der Waals surface area contributed by atoms with Gasteiger partial charge in [-0.25, -0.2) is 0 Å². The smallest absolute Gasteiger partial charge is 0.303 e. The number of rotatable bonds is 5. The quantitative estimate of drug-likeness (QED) is 0.653. The molecule has 0 unspecified atom stereocenters. The third kappa shape index (κ3) is 3.14. The van der Waals surface area contributed by atoms with E-state index in [-0.39, 0.29) is 6.42 Å². The third-order valence-corrected chi connectivity index (χ3v) is 1.52. The van der Waals surface area contributed by atoms with Crippen molar-refractivity contribution < 1.29 is 9.90 Å². The highest BCUT2D eigenvalue weighted by Gasteiger charge is 1.96. The summed E-state index contributed by atoms with van der Waals surface area (Å²) in [5.74, 6) is -0.737. The number of carboxylic acid groups (broad SMARTS) is 1. The minimum Gasteiger partial charge on any atom is -0.481 e. The predicted octanol–water partition coefficient (Wildman–Crippen LogP) is 0.533. The van der Waals surface area contributed by atoms with Gasteiger partial charge < -0.3 is 9.67 Å². The van der Waals surface area contributed by atoms with Crippen LogP contribution in [0, 0.1) is 0 Å². The first-order chi connectivity index (χ1) is 5.79. The maximum atomic E-state index is 10.1. The Morgan fingerprint density at radius 1 is 1.33 bits per heavy atom. The van der Waals surface area contributed by atoms with E-state index in [9.17, 15) is 4.79 Å². The number of carboxylic acids is 1. The van der Waals surface area contributed by atoms with Gasteiger partial charge in [0.2, 0.25) is 0 Å². The van der Waals surface area contributed by atoms with Crippen LogP contribution >= 0.6 is 0 Å². The first kappa shape index (κ1) is 8.70. The SMILES string of the molecule is O=C(O)CCCCn1cnnc1. The fraction of sp³-hybridized carbons (Fsp3) is 0.571. The standard InChI is InChI=1S/C7H11N3O2/c11-7(12)3-1-2-4-10-5-8-9-6-10/h5-6H,1-4H2,(H,11,12). The summed E-state index contributed by atoms with van der Waals surface area (Å²) in [7, 11) is 0. The van der Waals surface area contributed by atoms with Crippen LogP contribution < -0.4 is 0 Å². The van der Waals surface area contributed by atoms with E-state index in [0.29, 0.717) is 6.42 Å². The van der Waals surface area contributed by atoms with E-state index in [1.165, 1.54) is 0 Å². The Hall–Kier alpha value is -1.39. The average molecular weight is 169 g/mol. The highest BCUT2D eigenvalue weighted by molar-refractivity contribution is 5.66. The number of hydrogen-bond donors (Lipinski definition) is 1. The van der Waals surface area contributed by atoms with Gasteiger partial charge in [0, 0.05) is 13.0 Å². The monoisotopic (exact) mass is 169 g/mol. The molecule has 5 heteroatoms. The molecular weight excluding hydrogens is 158 g/mol. The van der Waals surface area contributed by atoms with Gasteiger partial charge in [-0.05, 0) is 12.8 Å². The Labute approximate surface area is 70.0 Å². The Kier molecular flexibility index (Phi) is 3.25. The van der Waals surface area contributed by atoms with Crippen molar-refractivity contribution in [3.63, 3.8) is 0 Å². The van der Waals surface area contributed by atoms with Crippen molar-refractivity contribution in [2.24, 2.45) is 0 Å². The van der Waals surface area contributed by atoms with Gasteiger partial charge in [-0.1, -0.05) is 0 Å². The normalized spacial score (nSPS) is 10.0. The molecule has 0 saturated heterocycles. The van der Waals surface area contributed by atoms with Gasteiger partial charge >= 0.3 is 5.97 Å². The molecule has 66 valence electrons. The molecule has 0 aromatic carbocycles. The number of aromatic nitrogens is 3. The zero-order valence-electron chi connectivity index (χ0n) is 6.68. The van der Waals surface area contributed by atoms with Gasteiger partial charge in [0.25, 0.3) is 0 Å². The van der Waals surface area contributed by atoms with Gasteiger partial charge in [0.1, 0.15) is 12.7 Å². The lowest BCUT2D eigenvalue weighted by atomic mass is 10.2. The van der Waals surface area contributed by atoms with Crippen molar-refractivity contribution in [1.29, 1.82) is 0 Å². The third-order valence-electron chi connectivity index (χ3n) is 1.52. The van der Waals surface area contributed by atoms with Crippen molar-refractivity contribution >= 4 is 5.97 Å². The van der Waals surface area contributed by atoms with Crippen molar-refractivity contribution in [2.75, 3.05) is 0 Å². The van der Waals surface area contributed by atoms with Crippen LogP contribution in [0.15, 0.2) is 12.7 Å². The molecule has 0 atom stereocenters. The Bertz CT molecular complexity index is 233. The van der Waals surface area contributed by atoms with E-state index in [1.54, 1.807) is 12.7 Å². The summed E-state index contributed by atoms with van der Waals surface area (Å²) in [4.78, 5) is 10.1. The van der Waals surface area contributed by atoms with Gasteiger partial charge in [0.05, 0.1) is 0 Å². The number of carbonyl (C=O) groups is 1. The number of aryl methyl sites for hydroxylation is 1. The summed E-state index contributed by atoms with van der Waals surface area (Å²) >= 11 is 0. The van der Waals surface area contributed by atoms with Crippen LogP contribution in [-0.2, 0) is 11.3 Å². The van der Waals surface area contributed by atoms with E-state index >= 15 is 0 Å². The molecule has 0 fully saturated rings. The van der Waals surface area contributed by atoms with Gasteiger partial charge in [0.15, 0.2) is 0 Å². The number of unbranched alkanes of at least 4 members (excludes halogenated alkanes) is 1. The van der Waals surface area contributed by atoms with Crippen molar-refractivity contribution in [3.8, 4) is 0 Å². The molecule has 0 spiro atoms. The van der Waals surface area contributed by atoms with Crippen molar-refractivity contribution in [3.05, 3.63) is 12.7 Å². The van der Waals surface area contributed by atoms with Crippen LogP contribution in [0.2, 0.25) is 0 Å². The van der Waals surface area contributed by atoms with Crippen molar-refractivity contribution in [1.82, 2.24) is 14.8 Å². The highest BCUT2D eigenvalue weighted by Crippen LogP contribution is 1.97. The van der Waals surface area contributed by atoms with Gasteiger partial charge in [-0.15, -0.1) is 10.2 Å². The second kappa shape index (κ2) is 4.48. The van der Waals surface area contributed by atoms with E-state index < -0.39 is 5.97 Å². The number of hydrogen-bond acceptors (Lipinski definition) is 3. The van der Waals surface area contributed by atoms with Crippen LogP contribution in [0.25, 0.3) is 0 Å². The fourth-order valence-corrected chi connectivity index (χ4v) is 0.908. The highest BCUT2D eigenvalue weighted by atomic mass is 16.4. The first-order valence-corrected chi connectivity index (χ1v) is 3.83. The summed E-state index contributed by atoms with van der Waals surface area (Å²) in [5.41, 5.74) is 0. The Balaban J connectivity index is 2.07. The van der Waals surface area contributed by atoms with Gasteiger partial charge in [-0.2, -0.15) is 0 Å². The molecule has 0 bridgehead atoms. The zero-order valence-corrected chi connectivity index (χ0v) is 6.68. The summed E-state index contributed by atoms with van der Waals surface area (Å²) in [6, 6.07) is 0. The molecule has 0 amide bonds. The molecule has 1 heterocycles. The van der Waals surface area contributed by atoms with E-state index in [2.05, 4.69) is 10.2 Å². The molecule has 0 aliphatic heterocycles. The van der Waals surface area contributed by atoms with E-state index in [4.69, 9.17) is 5.11 Å². The molecule has 1 aromatic heterocycles. The van der Waals surface area contributed by atoms with Crippen LogP contribution in [0.5, 0.6) is 0 Å². The number of aliphatic carboxylic acids is 1. The number of nitrogens with zero attached hydrogens (tertiary/aromatic N) is 3. The second-order valence-electron chi connectivity index (χ2n) is 2.55. The maximum absolute atomic E-state index is 10.1. The summed E-state index contributed by atoms with van der Waals surface area (Å²) in [5, 5.41) is 15.6. The summed E-state index contributed by atoms with van der Waals surface area (Å²) in [6.07, 6.45) is 5.04. The lowest BCUT2D eigenvalue weighted by Gasteiger charge is -1.98. The van der Waals surface area contributed by atoms with Crippen molar-refractivity contribution in [2.45, 2.75) is 25.8 Å². The molecule has 5 nitrogen and oxygen atoms in total. The first-order valence-electron chi connectivity index (χ1n) is 3.83. The molecule has 0 saturated carbocycles. The minimum absolute atomic E-state index is 0.238. The van der Waals surface area contributed by atoms with Crippen LogP contribution in [-0.4, -0.2) is 25.8 Å². The molecule has 1 N–H and O–H groups in total. The van der Waals surface area contributed by atoms with E-state index in [1.807, 2.05) is 4.57 Å². The lowest BCUT2D eigenvalue weighted by molar-refractivity contribution is -0.137. The maximum Gasteiger partial charge on any atom is 0.303 e. The summed E-state index contributed by atoms with van der Waals surface area (Å²) < 4.78 is 1.84. The molecule has 12 heavy (non-hydrogen) atoms. The van der Waals surface area contributed by atoms with Crippen LogP contribution in [0.3, 0.4) is 0 Å². The molecule has 0 aliphatic carbocycles. The van der Waals surface area contributed by atoms with Gasteiger partial charge in [-0.3, -0.25) is 4.79 Å². The van der Waals surface area contributed by atoms with Crippen LogP contribution in [0.1, 0.15) is 19.3 Å². The zero-order chi connectivity index (χ0) is 8.81. The molecule has 0 aliphatic rings. The largest absolute Gasteiger partial charge is 0.481 e. The molecule has 1 rings (SSSR count). The Morgan fingerprint density at radius 2 is 2.00 bits per heavy atom. The summed E-state index contributed by atoms with van der Waals surface area (Å²) in [6.45, 7) is 0.792. The minimum atomic E-state index is -0.737. The topological polar surface area (TPSA) is 68.0 Å². The van der Waals surface area contributed by atoms with Crippen LogP contribution in [0.4, 0.5) is 0 Å². The molecule has 1 aromatic rings. The average Bonchev–Trinajstić information content (AvgIpc) is 2.49.